The molecule has 0 N–H and O–H groups in total. The topological polar surface area (TPSA) is 74.0 Å². The molecule has 0 saturated carbocycles. The van der Waals surface area contributed by atoms with Crippen LogP contribution in [0.4, 0.5) is 10.8 Å². The number of anilines is 2. The Bertz CT molecular complexity index is 1080. The zero-order valence-electron chi connectivity index (χ0n) is 16.0. The van der Waals surface area contributed by atoms with Crippen molar-refractivity contribution < 1.29 is 4.79 Å². The molecule has 150 valence electrons. The lowest BCUT2D eigenvalue weighted by molar-refractivity contribution is 0.0744. The first-order valence-electron chi connectivity index (χ1n) is 9.94. The minimum absolute atomic E-state index is 0.0916. The van der Waals surface area contributed by atoms with Crippen LogP contribution in [0, 0.1) is 0 Å². The van der Waals surface area contributed by atoms with Crippen molar-refractivity contribution in [1.82, 2.24) is 19.5 Å². The number of piperazine rings is 1. The number of carbonyl (C=O) groups is 1. The van der Waals surface area contributed by atoms with Gasteiger partial charge in [-0.1, -0.05) is 29.5 Å². The van der Waals surface area contributed by atoms with Gasteiger partial charge in [-0.25, -0.2) is 4.98 Å². The molecule has 3 aromatic rings. The fourth-order valence-electron chi connectivity index (χ4n) is 3.94. The van der Waals surface area contributed by atoms with Crippen molar-refractivity contribution in [2.24, 2.45) is 0 Å². The molecule has 9 heteroatoms. The van der Waals surface area contributed by atoms with E-state index in [1.54, 1.807) is 4.90 Å². The van der Waals surface area contributed by atoms with Gasteiger partial charge in [0.2, 0.25) is 10.1 Å². The van der Waals surface area contributed by atoms with Crippen molar-refractivity contribution in [3.63, 3.8) is 0 Å². The van der Waals surface area contributed by atoms with Crippen LogP contribution in [0.2, 0.25) is 0 Å². The van der Waals surface area contributed by atoms with E-state index in [1.165, 1.54) is 22.0 Å². The molecule has 5 rings (SSSR count). The maximum atomic E-state index is 13.0. The molecule has 2 aliphatic heterocycles. The van der Waals surface area contributed by atoms with E-state index in [1.807, 2.05) is 18.2 Å². The number of benzene rings is 1. The third kappa shape index (κ3) is 3.35. The Hall–Kier alpha value is -2.94. The van der Waals surface area contributed by atoms with Crippen molar-refractivity contribution in [3.05, 3.63) is 52.4 Å². The van der Waals surface area contributed by atoms with Gasteiger partial charge in [-0.05, 0) is 25.0 Å². The second-order valence-corrected chi connectivity index (χ2v) is 8.30. The molecule has 8 nitrogen and oxygen atoms in total. The second kappa shape index (κ2) is 7.47. The number of carbonyl (C=O) groups excluding carboxylic acids is 1. The van der Waals surface area contributed by atoms with Gasteiger partial charge in [-0.3, -0.25) is 9.59 Å². The van der Waals surface area contributed by atoms with Gasteiger partial charge >= 0.3 is 0 Å². The third-order valence-electron chi connectivity index (χ3n) is 5.57. The number of hydrogen-bond donors (Lipinski definition) is 0. The van der Waals surface area contributed by atoms with Gasteiger partial charge in [0.1, 0.15) is 5.56 Å². The van der Waals surface area contributed by atoms with Gasteiger partial charge in [0.05, 0.1) is 0 Å². The van der Waals surface area contributed by atoms with E-state index >= 15 is 0 Å². The van der Waals surface area contributed by atoms with Crippen molar-refractivity contribution >= 4 is 33.0 Å². The maximum absolute atomic E-state index is 13.0. The molecule has 2 fully saturated rings. The SMILES string of the molecule is O=C(c1cnc2sc(N3CCCC3)nn2c1=O)N1CCN(c2ccccc2)CC1. The summed E-state index contributed by atoms with van der Waals surface area (Å²) in [6, 6.07) is 10.2. The molecule has 0 bridgehead atoms. The number of fused-ring (bicyclic) bond motifs is 1. The number of aromatic nitrogens is 3. The molecular weight excluding hydrogens is 388 g/mol. The van der Waals surface area contributed by atoms with Gasteiger partial charge in [0.15, 0.2) is 0 Å². The van der Waals surface area contributed by atoms with E-state index in [0.717, 1.165) is 49.8 Å². The lowest BCUT2D eigenvalue weighted by atomic mass is 10.2. The van der Waals surface area contributed by atoms with Crippen LogP contribution in [0.25, 0.3) is 4.96 Å². The summed E-state index contributed by atoms with van der Waals surface area (Å²) >= 11 is 1.40. The summed E-state index contributed by atoms with van der Waals surface area (Å²) in [5, 5.41) is 5.24. The molecule has 0 spiro atoms. The molecule has 1 amide bonds. The minimum Gasteiger partial charge on any atom is -0.368 e. The smallest absolute Gasteiger partial charge is 0.288 e. The molecule has 0 radical (unpaired) electrons. The molecule has 0 unspecified atom stereocenters. The van der Waals surface area contributed by atoms with Crippen LogP contribution in [-0.2, 0) is 0 Å². The molecule has 2 aromatic heterocycles. The Balaban J connectivity index is 1.34. The fourth-order valence-corrected chi connectivity index (χ4v) is 4.85. The van der Waals surface area contributed by atoms with Crippen LogP contribution in [-0.4, -0.2) is 64.7 Å². The highest BCUT2D eigenvalue weighted by molar-refractivity contribution is 7.20. The predicted molar refractivity (Wildman–Crippen MR) is 113 cm³/mol. The summed E-state index contributed by atoms with van der Waals surface area (Å²) in [7, 11) is 0. The number of nitrogens with zero attached hydrogens (tertiary/aromatic N) is 6. The van der Waals surface area contributed by atoms with Crippen LogP contribution in [0.3, 0.4) is 0 Å². The molecule has 1 aromatic carbocycles. The van der Waals surface area contributed by atoms with Gasteiger partial charge in [0.25, 0.3) is 11.5 Å². The van der Waals surface area contributed by atoms with Crippen LogP contribution in [0.15, 0.2) is 41.3 Å². The van der Waals surface area contributed by atoms with Crippen molar-refractivity contribution in [2.45, 2.75) is 12.8 Å². The fraction of sp³-hybridized carbons (Fsp3) is 0.400. The highest BCUT2D eigenvalue weighted by atomic mass is 32.1. The van der Waals surface area contributed by atoms with E-state index < -0.39 is 0 Å². The summed E-state index contributed by atoms with van der Waals surface area (Å²) in [5.74, 6) is -0.264. The first-order chi connectivity index (χ1) is 14.2. The molecule has 2 saturated heterocycles. The Morgan fingerprint density at radius 1 is 0.931 bits per heavy atom. The van der Waals surface area contributed by atoms with Gasteiger partial charge < -0.3 is 14.7 Å². The minimum atomic E-state index is -0.382. The van der Waals surface area contributed by atoms with Crippen LogP contribution >= 0.6 is 11.3 Å². The highest BCUT2D eigenvalue weighted by Gasteiger charge is 2.26. The largest absolute Gasteiger partial charge is 0.368 e. The van der Waals surface area contributed by atoms with E-state index in [9.17, 15) is 9.59 Å². The Morgan fingerprint density at radius 3 is 2.38 bits per heavy atom. The zero-order valence-corrected chi connectivity index (χ0v) is 16.8. The van der Waals surface area contributed by atoms with E-state index in [4.69, 9.17) is 0 Å². The summed E-state index contributed by atoms with van der Waals surface area (Å²) in [6.07, 6.45) is 3.68. The summed E-state index contributed by atoms with van der Waals surface area (Å²) in [4.78, 5) is 36.9. The van der Waals surface area contributed by atoms with Crippen LogP contribution in [0.5, 0.6) is 0 Å². The maximum Gasteiger partial charge on any atom is 0.288 e. The Kier molecular flexibility index (Phi) is 4.67. The van der Waals surface area contributed by atoms with E-state index in [0.29, 0.717) is 18.1 Å². The molecule has 2 aliphatic rings. The summed E-state index contributed by atoms with van der Waals surface area (Å²) in [6.45, 7) is 4.53. The molecular formula is C20H22N6O2S. The number of amides is 1. The van der Waals surface area contributed by atoms with Gasteiger partial charge in [-0.2, -0.15) is 4.52 Å². The Morgan fingerprint density at radius 2 is 1.66 bits per heavy atom. The Labute approximate surface area is 172 Å². The highest BCUT2D eigenvalue weighted by Crippen LogP contribution is 2.25. The van der Waals surface area contributed by atoms with Crippen molar-refractivity contribution in [3.8, 4) is 0 Å². The number of rotatable bonds is 3. The van der Waals surface area contributed by atoms with Crippen LogP contribution in [0.1, 0.15) is 23.2 Å². The monoisotopic (exact) mass is 410 g/mol. The van der Waals surface area contributed by atoms with E-state index in [2.05, 4.69) is 32.0 Å². The number of hydrogen-bond acceptors (Lipinski definition) is 7. The second-order valence-electron chi connectivity index (χ2n) is 7.36. The first kappa shape index (κ1) is 18.1. The first-order valence-corrected chi connectivity index (χ1v) is 10.8. The number of para-hydroxylation sites is 1. The van der Waals surface area contributed by atoms with Gasteiger partial charge in [-0.15, -0.1) is 5.10 Å². The average Bonchev–Trinajstić information content (AvgIpc) is 3.44. The lowest BCUT2D eigenvalue weighted by Gasteiger charge is -2.36. The van der Waals surface area contributed by atoms with E-state index in [-0.39, 0.29) is 17.0 Å². The van der Waals surface area contributed by atoms with Crippen molar-refractivity contribution in [1.29, 1.82) is 0 Å². The average molecular weight is 411 g/mol. The van der Waals surface area contributed by atoms with Crippen molar-refractivity contribution in [2.75, 3.05) is 49.1 Å². The summed E-state index contributed by atoms with van der Waals surface area (Å²) in [5.41, 5.74) is 0.862. The summed E-state index contributed by atoms with van der Waals surface area (Å²) < 4.78 is 1.28. The molecule has 29 heavy (non-hydrogen) atoms. The quantitative estimate of drug-likeness (QED) is 0.655. The van der Waals surface area contributed by atoms with Crippen LogP contribution < -0.4 is 15.4 Å². The predicted octanol–water partition coefficient (Wildman–Crippen LogP) is 1.71. The third-order valence-corrected chi connectivity index (χ3v) is 6.55. The lowest BCUT2D eigenvalue weighted by Crippen LogP contribution is -2.49. The molecule has 0 aliphatic carbocycles. The normalized spacial score (nSPS) is 17.3. The zero-order chi connectivity index (χ0) is 19.8. The molecule has 4 heterocycles. The standard InChI is InChI=1S/C20H22N6O2S/c27-17(24-12-10-23(11-13-24)15-6-2-1-3-7-15)16-14-21-19-26(18(16)28)22-20(29-19)25-8-4-5-9-25/h1-3,6-7,14H,4-5,8-13H2. The molecule has 0 atom stereocenters. The van der Waals surface area contributed by atoms with Gasteiger partial charge in [0, 0.05) is 51.2 Å².